The summed E-state index contributed by atoms with van der Waals surface area (Å²) >= 11 is 7.57. The molecular formula is C25H14Br2. The Labute approximate surface area is 174 Å². The molecule has 0 aliphatic heterocycles. The molecule has 0 radical (unpaired) electrons. The lowest BCUT2D eigenvalue weighted by Gasteiger charge is -2.29. The summed E-state index contributed by atoms with van der Waals surface area (Å²) < 4.78 is 2.32. The minimum atomic E-state index is 0.248. The molecule has 0 unspecified atom stereocenters. The third-order valence-electron chi connectivity index (χ3n) is 5.85. The van der Waals surface area contributed by atoms with Crippen molar-refractivity contribution < 1.29 is 0 Å². The summed E-state index contributed by atoms with van der Waals surface area (Å²) in [4.78, 5) is 0. The second-order valence-electron chi connectivity index (χ2n) is 7.19. The van der Waals surface area contributed by atoms with Gasteiger partial charge in [0.2, 0.25) is 0 Å². The summed E-state index contributed by atoms with van der Waals surface area (Å²) in [5.74, 6) is 0.248. The van der Waals surface area contributed by atoms with Gasteiger partial charge >= 0.3 is 0 Å². The van der Waals surface area contributed by atoms with Gasteiger partial charge in [-0.15, -0.1) is 0 Å². The fourth-order valence-corrected chi connectivity index (χ4v) is 5.67. The normalized spacial score (nSPS) is 13.4. The molecule has 0 saturated heterocycles. The lowest BCUT2D eigenvalue weighted by atomic mass is 9.75. The molecule has 0 bridgehead atoms. The lowest BCUT2D eigenvalue weighted by Crippen LogP contribution is -2.09. The first kappa shape index (κ1) is 15.9. The van der Waals surface area contributed by atoms with Crippen LogP contribution >= 0.6 is 31.9 Å². The average Bonchev–Trinajstić information content (AvgIpc) is 2.71. The summed E-state index contributed by atoms with van der Waals surface area (Å²) in [7, 11) is 0. The van der Waals surface area contributed by atoms with Crippen LogP contribution in [-0.2, 0) is 0 Å². The van der Waals surface area contributed by atoms with Crippen molar-refractivity contribution in [1.29, 1.82) is 0 Å². The fourth-order valence-electron chi connectivity index (χ4n) is 4.74. The highest BCUT2D eigenvalue weighted by atomic mass is 79.9. The zero-order valence-electron chi connectivity index (χ0n) is 14.3. The highest BCUT2D eigenvalue weighted by molar-refractivity contribution is 9.11. The highest BCUT2D eigenvalue weighted by Gasteiger charge is 2.28. The van der Waals surface area contributed by atoms with Crippen LogP contribution < -0.4 is 0 Å². The quantitative estimate of drug-likeness (QED) is 0.211. The molecule has 128 valence electrons. The molecular weight excluding hydrogens is 460 g/mol. The first-order chi connectivity index (χ1) is 13.2. The molecule has 0 N–H and O–H groups in total. The van der Waals surface area contributed by atoms with E-state index in [-0.39, 0.29) is 5.92 Å². The van der Waals surface area contributed by atoms with Gasteiger partial charge in [0.05, 0.1) is 0 Å². The van der Waals surface area contributed by atoms with Crippen LogP contribution in [0.4, 0.5) is 0 Å². The van der Waals surface area contributed by atoms with Gasteiger partial charge in [0.1, 0.15) is 0 Å². The Morgan fingerprint density at radius 3 is 1.63 bits per heavy atom. The Kier molecular flexibility index (Phi) is 3.33. The lowest BCUT2D eigenvalue weighted by molar-refractivity contribution is 0.998. The predicted octanol–water partition coefficient (Wildman–Crippen LogP) is 8.16. The molecule has 0 nitrogen and oxygen atoms in total. The third kappa shape index (κ3) is 2.09. The molecule has 0 amide bonds. The van der Waals surface area contributed by atoms with Crippen molar-refractivity contribution in [1.82, 2.24) is 0 Å². The smallest absolute Gasteiger partial charge is 0.0352 e. The van der Waals surface area contributed by atoms with Crippen LogP contribution in [0.1, 0.15) is 22.6 Å². The second kappa shape index (κ2) is 5.67. The minimum Gasteiger partial charge on any atom is -0.0622 e. The van der Waals surface area contributed by atoms with E-state index in [0.29, 0.717) is 0 Å². The molecule has 2 heteroatoms. The molecule has 5 aromatic carbocycles. The predicted molar refractivity (Wildman–Crippen MR) is 122 cm³/mol. The van der Waals surface area contributed by atoms with E-state index in [4.69, 9.17) is 0 Å². The van der Waals surface area contributed by atoms with Gasteiger partial charge in [-0.3, -0.25) is 0 Å². The van der Waals surface area contributed by atoms with Crippen molar-refractivity contribution in [2.45, 2.75) is 5.92 Å². The van der Waals surface area contributed by atoms with E-state index in [1.165, 1.54) is 49.0 Å². The van der Waals surface area contributed by atoms with E-state index in [2.05, 4.69) is 111 Å². The molecule has 1 aliphatic carbocycles. The van der Waals surface area contributed by atoms with E-state index >= 15 is 0 Å². The summed E-state index contributed by atoms with van der Waals surface area (Å²) in [6.07, 6.45) is 0. The fraction of sp³-hybridized carbons (Fsp3) is 0.0400. The van der Waals surface area contributed by atoms with E-state index in [9.17, 15) is 0 Å². The van der Waals surface area contributed by atoms with E-state index in [1.54, 1.807) is 0 Å². The number of benzene rings is 5. The Balaban J connectivity index is 1.93. The molecule has 27 heavy (non-hydrogen) atoms. The van der Waals surface area contributed by atoms with Crippen LogP contribution in [0.25, 0.3) is 32.3 Å². The van der Waals surface area contributed by atoms with Gasteiger partial charge in [0.25, 0.3) is 0 Å². The monoisotopic (exact) mass is 472 g/mol. The van der Waals surface area contributed by atoms with Crippen molar-refractivity contribution in [3.8, 4) is 0 Å². The minimum absolute atomic E-state index is 0.248. The van der Waals surface area contributed by atoms with Crippen LogP contribution in [-0.4, -0.2) is 0 Å². The van der Waals surface area contributed by atoms with Crippen molar-refractivity contribution in [3.05, 3.63) is 104 Å². The first-order valence-corrected chi connectivity index (χ1v) is 10.6. The van der Waals surface area contributed by atoms with Crippen LogP contribution in [0.3, 0.4) is 0 Å². The van der Waals surface area contributed by atoms with Gasteiger partial charge in [-0.25, -0.2) is 0 Å². The Morgan fingerprint density at radius 2 is 1.07 bits per heavy atom. The number of rotatable bonds is 1. The zero-order chi connectivity index (χ0) is 18.1. The van der Waals surface area contributed by atoms with E-state index in [1.807, 2.05) is 0 Å². The maximum Gasteiger partial charge on any atom is 0.0352 e. The zero-order valence-corrected chi connectivity index (χ0v) is 17.5. The Bertz CT molecular complexity index is 1300. The van der Waals surface area contributed by atoms with Crippen LogP contribution in [0.2, 0.25) is 0 Å². The summed E-state index contributed by atoms with van der Waals surface area (Å²) in [6, 6.07) is 28.9. The number of hydrogen-bond donors (Lipinski definition) is 0. The third-order valence-corrected chi connectivity index (χ3v) is 7.23. The van der Waals surface area contributed by atoms with Gasteiger partial charge in [-0.05, 0) is 61.1 Å². The SMILES string of the molecule is Brc1ccc2c3c1ccc1ccc4c(Br)ccc(c4c13)C2c1ccccc1. The van der Waals surface area contributed by atoms with Crippen molar-refractivity contribution >= 4 is 64.2 Å². The standard InChI is InChI=1S/C25H14Br2/c26-20-12-10-18-22(14-4-2-1-3-5-14)19-11-13-21(27)17-9-7-15-6-8-16(20)24(18)23(15)25(17)19/h1-13,22H. The molecule has 0 aromatic heterocycles. The average molecular weight is 474 g/mol. The van der Waals surface area contributed by atoms with Gasteiger partial charge in [-0.1, -0.05) is 98.6 Å². The second-order valence-corrected chi connectivity index (χ2v) is 8.90. The molecule has 0 atom stereocenters. The molecule has 6 rings (SSSR count). The van der Waals surface area contributed by atoms with Crippen molar-refractivity contribution in [2.75, 3.05) is 0 Å². The Morgan fingerprint density at radius 1 is 0.519 bits per heavy atom. The van der Waals surface area contributed by atoms with Crippen molar-refractivity contribution in [3.63, 3.8) is 0 Å². The first-order valence-electron chi connectivity index (χ1n) is 9.05. The number of hydrogen-bond acceptors (Lipinski definition) is 0. The van der Waals surface area contributed by atoms with E-state index < -0.39 is 0 Å². The number of halogens is 2. The molecule has 0 spiro atoms. The van der Waals surface area contributed by atoms with Gasteiger partial charge < -0.3 is 0 Å². The van der Waals surface area contributed by atoms with Crippen LogP contribution in [0.15, 0.2) is 87.8 Å². The summed E-state index contributed by atoms with van der Waals surface area (Å²) in [5.41, 5.74) is 4.14. The maximum absolute atomic E-state index is 3.78. The van der Waals surface area contributed by atoms with E-state index in [0.717, 1.165) is 8.95 Å². The topological polar surface area (TPSA) is 0 Å². The molecule has 0 heterocycles. The van der Waals surface area contributed by atoms with Gasteiger partial charge in [0.15, 0.2) is 0 Å². The summed E-state index contributed by atoms with van der Waals surface area (Å²) in [5, 5.41) is 8.03. The molecule has 0 fully saturated rings. The summed E-state index contributed by atoms with van der Waals surface area (Å²) in [6.45, 7) is 0. The molecule has 1 aliphatic rings. The largest absolute Gasteiger partial charge is 0.0622 e. The van der Waals surface area contributed by atoms with Crippen molar-refractivity contribution in [2.24, 2.45) is 0 Å². The van der Waals surface area contributed by atoms with Gasteiger partial charge in [-0.2, -0.15) is 0 Å². The maximum atomic E-state index is 3.78. The van der Waals surface area contributed by atoms with Crippen LogP contribution in [0, 0.1) is 0 Å². The van der Waals surface area contributed by atoms with Gasteiger partial charge in [0, 0.05) is 14.9 Å². The molecule has 0 saturated carbocycles. The Hall–Kier alpha value is -2.16. The van der Waals surface area contributed by atoms with Crippen LogP contribution in [0.5, 0.6) is 0 Å². The highest BCUT2D eigenvalue weighted by Crippen LogP contribution is 2.50. The molecule has 5 aromatic rings.